The van der Waals surface area contributed by atoms with Crippen LogP contribution in [0.25, 0.3) is 0 Å². The van der Waals surface area contributed by atoms with Gasteiger partial charge in [0.1, 0.15) is 0 Å². The molecule has 0 aliphatic rings. The minimum atomic E-state index is -1.13. The molecule has 0 saturated heterocycles. The molecule has 7 heteroatoms. The number of carboxylic acid groups (broad SMARTS) is 1. The Morgan fingerprint density at radius 3 is 2.88 bits per heavy atom. The average Bonchev–Trinajstić information content (AvgIpc) is 2.19. The fourth-order valence-electron chi connectivity index (χ4n) is 1.11. The zero-order valence-electron chi connectivity index (χ0n) is 8.47. The first-order valence-corrected chi connectivity index (χ1v) is 4.36. The summed E-state index contributed by atoms with van der Waals surface area (Å²) in [5.74, 6) is -1.13. The van der Waals surface area contributed by atoms with Gasteiger partial charge in [-0.2, -0.15) is 0 Å². The summed E-state index contributed by atoms with van der Waals surface area (Å²) in [6.45, 7) is 1.02. The van der Waals surface area contributed by atoms with Crippen molar-refractivity contribution in [2.24, 2.45) is 0 Å². The highest BCUT2D eigenvalue weighted by atomic mass is 16.7. The SMILES string of the molecule is Cc1c(NOCC(=O)O)cccc1[N+](=O)[O-]. The van der Waals surface area contributed by atoms with Crippen LogP contribution in [0.1, 0.15) is 5.56 Å². The molecule has 0 radical (unpaired) electrons. The van der Waals surface area contributed by atoms with Gasteiger partial charge in [0.25, 0.3) is 5.69 Å². The molecule has 1 aromatic rings. The number of hydrogen-bond acceptors (Lipinski definition) is 5. The normalized spacial score (nSPS) is 9.81. The molecule has 0 heterocycles. The number of nitro benzene ring substituents is 1. The first-order valence-electron chi connectivity index (χ1n) is 4.36. The molecule has 1 aromatic carbocycles. The van der Waals surface area contributed by atoms with Gasteiger partial charge in [0, 0.05) is 6.07 Å². The molecule has 0 saturated carbocycles. The van der Waals surface area contributed by atoms with E-state index in [2.05, 4.69) is 10.3 Å². The molecule has 0 amide bonds. The van der Waals surface area contributed by atoms with E-state index >= 15 is 0 Å². The first kappa shape index (κ1) is 11.9. The number of anilines is 1. The van der Waals surface area contributed by atoms with Crippen molar-refractivity contribution in [2.45, 2.75) is 6.92 Å². The summed E-state index contributed by atoms with van der Waals surface area (Å²) in [7, 11) is 0. The Kier molecular flexibility index (Phi) is 3.78. The van der Waals surface area contributed by atoms with Crippen LogP contribution in [0.2, 0.25) is 0 Å². The Morgan fingerprint density at radius 2 is 2.31 bits per heavy atom. The van der Waals surface area contributed by atoms with Crippen LogP contribution >= 0.6 is 0 Å². The van der Waals surface area contributed by atoms with Crippen LogP contribution in [-0.2, 0) is 9.63 Å². The molecule has 0 bridgehead atoms. The van der Waals surface area contributed by atoms with Crippen LogP contribution in [-0.4, -0.2) is 22.6 Å². The summed E-state index contributed by atoms with van der Waals surface area (Å²) in [6, 6.07) is 4.40. The molecule has 0 atom stereocenters. The molecule has 16 heavy (non-hydrogen) atoms. The Balaban J connectivity index is 2.77. The number of hydrogen-bond donors (Lipinski definition) is 2. The maximum Gasteiger partial charge on any atom is 0.332 e. The Labute approximate surface area is 90.8 Å². The third-order valence-corrected chi connectivity index (χ3v) is 1.88. The minimum Gasteiger partial charge on any atom is -0.479 e. The van der Waals surface area contributed by atoms with Crippen molar-refractivity contribution in [1.29, 1.82) is 0 Å². The van der Waals surface area contributed by atoms with Gasteiger partial charge in [-0.25, -0.2) is 4.79 Å². The second-order valence-corrected chi connectivity index (χ2v) is 2.99. The molecule has 2 N–H and O–H groups in total. The van der Waals surface area contributed by atoms with E-state index in [0.29, 0.717) is 11.3 Å². The lowest BCUT2D eigenvalue weighted by atomic mass is 10.1. The average molecular weight is 226 g/mol. The van der Waals surface area contributed by atoms with Crippen LogP contribution in [0.3, 0.4) is 0 Å². The van der Waals surface area contributed by atoms with E-state index in [-0.39, 0.29) is 5.69 Å². The zero-order valence-corrected chi connectivity index (χ0v) is 8.47. The van der Waals surface area contributed by atoms with Gasteiger partial charge in [-0.1, -0.05) is 6.07 Å². The molecule has 86 valence electrons. The second kappa shape index (κ2) is 5.08. The standard InChI is InChI=1S/C9H10N2O5/c1-6-7(10-16-5-9(12)13)3-2-4-8(6)11(14)15/h2-4,10H,5H2,1H3,(H,12,13). The van der Waals surface area contributed by atoms with Gasteiger partial charge >= 0.3 is 5.97 Å². The van der Waals surface area contributed by atoms with Gasteiger partial charge in [-0.05, 0) is 13.0 Å². The fourth-order valence-corrected chi connectivity index (χ4v) is 1.11. The topological polar surface area (TPSA) is 102 Å². The Morgan fingerprint density at radius 1 is 1.62 bits per heavy atom. The van der Waals surface area contributed by atoms with Crippen LogP contribution in [0, 0.1) is 17.0 Å². The quantitative estimate of drug-likeness (QED) is 0.580. The van der Waals surface area contributed by atoms with E-state index in [4.69, 9.17) is 5.11 Å². The lowest BCUT2D eigenvalue weighted by Gasteiger charge is -2.07. The summed E-state index contributed by atoms with van der Waals surface area (Å²) < 4.78 is 0. The minimum absolute atomic E-state index is 0.0519. The zero-order chi connectivity index (χ0) is 12.1. The van der Waals surface area contributed by atoms with Crippen molar-refractivity contribution in [3.63, 3.8) is 0 Å². The number of benzene rings is 1. The third kappa shape index (κ3) is 2.92. The maximum atomic E-state index is 10.6. The highest BCUT2D eigenvalue weighted by Crippen LogP contribution is 2.24. The summed E-state index contributed by atoms with van der Waals surface area (Å²) in [5.41, 5.74) is 3.06. The smallest absolute Gasteiger partial charge is 0.332 e. The lowest BCUT2D eigenvalue weighted by molar-refractivity contribution is -0.385. The Hall–Kier alpha value is -2.15. The number of rotatable bonds is 5. The number of carbonyl (C=O) groups is 1. The Bertz CT molecular complexity index is 418. The molecule has 0 unspecified atom stereocenters. The molecule has 0 fully saturated rings. The predicted octanol–water partition coefficient (Wildman–Crippen LogP) is 1.33. The van der Waals surface area contributed by atoms with E-state index in [1.54, 1.807) is 13.0 Å². The summed E-state index contributed by atoms with van der Waals surface area (Å²) >= 11 is 0. The van der Waals surface area contributed by atoms with Crippen molar-refractivity contribution < 1.29 is 19.7 Å². The van der Waals surface area contributed by atoms with E-state index in [9.17, 15) is 14.9 Å². The van der Waals surface area contributed by atoms with Gasteiger partial charge in [-0.3, -0.25) is 20.4 Å². The van der Waals surface area contributed by atoms with Crippen LogP contribution < -0.4 is 5.48 Å². The first-order chi connectivity index (χ1) is 7.52. The largest absolute Gasteiger partial charge is 0.479 e. The summed E-state index contributed by atoms with van der Waals surface area (Å²) in [6.07, 6.45) is 0. The lowest BCUT2D eigenvalue weighted by Crippen LogP contribution is -2.12. The molecular formula is C9H10N2O5. The molecule has 0 aliphatic carbocycles. The van der Waals surface area contributed by atoms with Crippen LogP contribution in [0.5, 0.6) is 0 Å². The third-order valence-electron chi connectivity index (χ3n) is 1.88. The number of nitro groups is 1. The number of nitrogens with one attached hydrogen (secondary N) is 1. The van der Waals surface area contributed by atoms with Gasteiger partial charge in [0.05, 0.1) is 16.2 Å². The van der Waals surface area contributed by atoms with Gasteiger partial charge in [0.15, 0.2) is 6.61 Å². The van der Waals surface area contributed by atoms with Gasteiger partial charge in [0.2, 0.25) is 0 Å². The van der Waals surface area contributed by atoms with Crippen molar-refractivity contribution in [2.75, 3.05) is 12.1 Å². The summed E-state index contributed by atoms with van der Waals surface area (Å²) in [5, 5.41) is 18.9. The van der Waals surface area contributed by atoms with Crippen molar-refractivity contribution >= 4 is 17.3 Å². The maximum absolute atomic E-state index is 10.6. The van der Waals surface area contributed by atoms with Crippen LogP contribution in [0.4, 0.5) is 11.4 Å². The molecule has 0 aliphatic heterocycles. The van der Waals surface area contributed by atoms with Gasteiger partial charge < -0.3 is 5.11 Å². The van der Waals surface area contributed by atoms with Crippen LogP contribution in [0.15, 0.2) is 18.2 Å². The van der Waals surface area contributed by atoms with E-state index in [1.807, 2.05) is 0 Å². The molecule has 7 nitrogen and oxygen atoms in total. The fraction of sp³-hybridized carbons (Fsp3) is 0.222. The van der Waals surface area contributed by atoms with Gasteiger partial charge in [-0.15, -0.1) is 0 Å². The molecule has 1 rings (SSSR count). The van der Waals surface area contributed by atoms with E-state index in [1.165, 1.54) is 12.1 Å². The van der Waals surface area contributed by atoms with Crippen molar-refractivity contribution in [3.8, 4) is 0 Å². The predicted molar refractivity (Wildman–Crippen MR) is 55.0 cm³/mol. The van der Waals surface area contributed by atoms with E-state index in [0.717, 1.165) is 0 Å². The molecular weight excluding hydrogens is 216 g/mol. The van der Waals surface area contributed by atoms with E-state index < -0.39 is 17.5 Å². The highest BCUT2D eigenvalue weighted by Gasteiger charge is 2.13. The number of aliphatic carboxylic acids is 1. The second-order valence-electron chi connectivity index (χ2n) is 2.99. The van der Waals surface area contributed by atoms with Crippen molar-refractivity contribution in [1.82, 2.24) is 0 Å². The number of nitrogens with zero attached hydrogens (tertiary/aromatic N) is 1. The molecule has 0 spiro atoms. The highest BCUT2D eigenvalue weighted by molar-refractivity contribution is 5.68. The monoisotopic (exact) mass is 226 g/mol. The number of carboxylic acids is 1. The van der Waals surface area contributed by atoms with Crippen molar-refractivity contribution in [3.05, 3.63) is 33.9 Å². The summed E-state index contributed by atoms with van der Waals surface area (Å²) in [4.78, 5) is 24.9. The molecule has 0 aromatic heterocycles.